The molecule has 3 aromatic carbocycles. The van der Waals surface area contributed by atoms with Crippen molar-refractivity contribution in [3.05, 3.63) is 96.4 Å². The number of carboxylic acid groups (broad SMARTS) is 1. The van der Waals surface area contributed by atoms with E-state index in [1.54, 1.807) is 24.3 Å². The van der Waals surface area contributed by atoms with Crippen molar-refractivity contribution in [2.45, 2.75) is 0 Å². The van der Waals surface area contributed by atoms with Gasteiger partial charge in [-0.1, -0.05) is 72.8 Å². The molecule has 0 amide bonds. The van der Waals surface area contributed by atoms with Gasteiger partial charge in [0.2, 0.25) is 5.89 Å². The number of oxazole rings is 1. The molecular formula is C25H19NO4. The van der Waals surface area contributed by atoms with Gasteiger partial charge in [0.05, 0.1) is 0 Å². The smallest absolute Gasteiger partial charge is 0.341 e. The summed E-state index contributed by atoms with van der Waals surface area (Å²) in [6, 6.07) is 26.9. The summed E-state index contributed by atoms with van der Waals surface area (Å²) in [5.74, 6) is 0.657. The van der Waals surface area contributed by atoms with Gasteiger partial charge in [-0.15, -0.1) is 0 Å². The third-order valence-corrected chi connectivity index (χ3v) is 4.37. The maximum absolute atomic E-state index is 10.7. The van der Waals surface area contributed by atoms with Crippen LogP contribution >= 0.6 is 0 Å². The summed E-state index contributed by atoms with van der Waals surface area (Å²) in [5, 5.41) is 8.75. The minimum absolute atomic E-state index is 0.381. The van der Waals surface area contributed by atoms with Crippen molar-refractivity contribution in [2.24, 2.45) is 0 Å². The Labute approximate surface area is 173 Å². The van der Waals surface area contributed by atoms with Gasteiger partial charge >= 0.3 is 5.97 Å². The van der Waals surface area contributed by atoms with Gasteiger partial charge in [-0.05, 0) is 23.8 Å². The quantitative estimate of drug-likeness (QED) is 0.437. The van der Waals surface area contributed by atoms with E-state index in [4.69, 9.17) is 19.2 Å². The zero-order chi connectivity index (χ0) is 20.8. The van der Waals surface area contributed by atoms with Crippen molar-refractivity contribution >= 4 is 18.1 Å². The SMILES string of the molecule is O=C(O)COc1cccc(/C=C\c2nc(-c3ccccc3)c(-c3ccccc3)o2)c1. The van der Waals surface area contributed by atoms with E-state index in [1.165, 1.54) is 0 Å². The van der Waals surface area contributed by atoms with Crippen LogP contribution in [0.2, 0.25) is 0 Å². The van der Waals surface area contributed by atoms with Crippen molar-refractivity contribution in [3.8, 4) is 28.3 Å². The second-order valence-corrected chi connectivity index (χ2v) is 6.55. The van der Waals surface area contributed by atoms with Crippen LogP contribution in [0.1, 0.15) is 11.5 Å². The Morgan fingerprint density at radius 1 is 0.900 bits per heavy atom. The Morgan fingerprint density at radius 2 is 1.60 bits per heavy atom. The van der Waals surface area contributed by atoms with Gasteiger partial charge in [-0.25, -0.2) is 9.78 Å². The molecular weight excluding hydrogens is 378 g/mol. The molecule has 5 nitrogen and oxygen atoms in total. The van der Waals surface area contributed by atoms with E-state index in [1.807, 2.05) is 72.8 Å². The zero-order valence-electron chi connectivity index (χ0n) is 16.1. The van der Waals surface area contributed by atoms with Crippen LogP contribution in [0, 0.1) is 0 Å². The van der Waals surface area contributed by atoms with E-state index in [2.05, 4.69) is 0 Å². The fourth-order valence-corrected chi connectivity index (χ4v) is 3.01. The maximum Gasteiger partial charge on any atom is 0.341 e. The molecule has 0 bridgehead atoms. The molecule has 0 saturated heterocycles. The van der Waals surface area contributed by atoms with E-state index in [0.717, 1.165) is 22.4 Å². The Kier molecular flexibility index (Phi) is 5.71. The van der Waals surface area contributed by atoms with Gasteiger partial charge in [0.15, 0.2) is 12.4 Å². The number of carbonyl (C=O) groups is 1. The lowest BCUT2D eigenvalue weighted by Gasteiger charge is -2.03. The molecule has 0 aliphatic rings. The van der Waals surface area contributed by atoms with E-state index in [0.29, 0.717) is 17.4 Å². The number of hydrogen-bond acceptors (Lipinski definition) is 4. The van der Waals surface area contributed by atoms with Gasteiger partial charge in [0.1, 0.15) is 11.4 Å². The zero-order valence-corrected chi connectivity index (χ0v) is 16.1. The number of ether oxygens (including phenoxy) is 1. The van der Waals surface area contributed by atoms with Crippen molar-refractivity contribution in [3.63, 3.8) is 0 Å². The van der Waals surface area contributed by atoms with Crippen LogP contribution in [0.25, 0.3) is 34.7 Å². The minimum Gasteiger partial charge on any atom is -0.482 e. The fraction of sp³-hybridized carbons (Fsp3) is 0.0400. The molecule has 0 unspecified atom stereocenters. The molecule has 5 heteroatoms. The molecule has 1 aromatic heterocycles. The third-order valence-electron chi connectivity index (χ3n) is 4.37. The van der Waals surface area contributed by atoms with Gasteiger partial charge in [-0.2, -0.15) is 0 Å². The van der Waals surface area contributed by atoms with Crippen LogP contribution in [0.3, 0.4) is 0 Å². The standard InChI is InChI=1S/C25H19NO4/c27-23(28)17-29-21-13-7-8-18(16-21)14-15-22-26-24(19-9-3-1-4-10-19)25(30-22)20-11-5-2-6-12-20/h1-16H,17H2,(H,27,28)/b15-14-. The van der Waals surface area contributed by atoms with Gasteiger partial charge < -0.3 is 14.3 Å². The first-order valence-electron chi connectivity index (χ1n) is 9.43. The maximum atomic E-state index is 10.7. The van der Waals surface area contributed by atoms with Crippen molar-refractivity contribution in [1.29, 1.82) is 0 Å². The second kappa shape index (κ2) is 8.92. The van der Waals surface area contributed by atoms with Crippen LogP contribution in [-0.2, 0) is 4.79 Å². The molecule has 0 aliphatic heterocycles. The predicted octanol–water partition coefficient (Wildman–Crippen LogP) is 5.64. The van der Waals surface area contributed by atoms with Crippen molar-refractivity contribution < 1.29 is 19.1 Å². The highest BCUT2D eigenvalue weighted by atomic mass is 16.5. The minimum atomic E-state index is -1.02. The van der Waals surface area contributed by atoms with E-state index < -0.39 is 5.97 Å². The van der Waals surface area contributed by atoms with Crippen LogP contribution in [0.5, 0.6) is 5.75 Å². The lowest BCUT2D eigenvalue weighted by Crippen LogP contribution is -2.09. The number of rotatable bonds is 7. The summed E-state index contributed by atoms with van der Waals surface area (Å²) in [4.78, 5) is 15.4. The first-order valence-corrected chi connectivity index (χ1v) is 9.43. The number of aliphatic carboxylic acids is 1. The summed E-state index contributed by atoms with van der Waals surface area (Å²) in [6.45, 7) is -0.381. The molecule has 0 aliphatic carbocycles. The van der Waals surface area contributed by atoms with Gasteiger partial charge in [0.25, 0.3) is 0 Å². The van der Waals surface area contributed by atoms with Crippen molar-refractivity contribution in [1.82, 2.24) is 4.98 Å². The van der Waals surface area contributed by atoms with Crippen LogP contribution in [-0.4, -0.2) is 22.7 Å². The Bertz CT molecular complexity index is 1110. The van der Waals surface area contributed by atoms with Crippen LogP contribution < -0.4 is 4.74 Å². The molecule has 1 N–H and O–H groups in total. The summed E-state index contributed by atoms with van der Waals surface area (Å²) in [5.41, 5.74) is 3.55. The number of nitrogens with zero attached hydrogens (tertiary/aromatic N) is 1. The highest BCUT2D eigenvalue weighted by molar-refractivity contribution is 5.78. The molecule has 0 atom stereocenters. The van der Waals surface area contributed by atoms with Crippen LogP contribution in [0.4, 0.5) is 0 Å². The molecule has 148 valence electrons. The van der Waals surface area contributed by atoms with E-state index in [9.17, 15) is 4.79 Å². The van der Waals surface area contributed by atoms with E-state index >= 15 is 0 Å². The topological polar surface area (TPSA) is 72.6 Å². The van der Waals surface area contributed by atoms with Crippen molar-refractivity contribution in [2.75, 3.05) is 6.61 Å². The first-order chi connectivity index (χ1) is 14.7. The lowest BCUT2D eigenvalue weighted by molar-refractivity contribution is -0.139. The monoisotopic (exact) mass is 397 g/mol. The highest BCUT2D eigenvalue weighted by Gasteiger charge is 2.15. The summed E-state index contributed by atoms with van der Waals surface area (Å²) in [6.07, 6.45) is 3.64. The van der Waals surface area contributed by atoms with E-state index in [-0.39, 0.29) is 6.61 Å². The molecule has 1 heterocycles. The Morgan fingerprint density at radius 3 is 2.30 bits per heavy atom. The molecule has 4 aromatic rings. The third kappa shape index (κ3) is 4.64. The normalized spacial score (nSPS) is 10.9. The lowest BCUT2D eigenvalue weighted by atomic mass is 10.1. The Balaban J connectivity index is 1.65. The average molecular weight is 397 g/mol. The largest absolute Gasteiger partial charge is 0.482 e. The predicted molar refractivity (Wildman–Crippen MR) is 116 cm³/mol. The van der Waals surface area contributed by atoms with Gasteiger partial charge in [-0.3, -0.25) is 0 Å². The second-order valence-electron chi connectivity index (χ2n) is 6.55. The molecule has 30 heavy (non-hydrogen) atoms. The average Bonchev–Trinajstić information content (AvgIpc) is 3.22. The highest BCUT2D eigenvalue weighted by Crippen LogP contribution is 2.33. The molecule has 0 saturated carbocycles. The number of aromatic nitrogens is 1. The van der Waals surface area contributed by atoms with Gasteiger partial charge in [0, 0.05) is 17.2 Å². The van der Waals surface area contributed by atoms with Crippen LogP contribution in [0.15, 0.2) is 89.3 Å². The molecule has 4 rings (SSSR count). The molecule has 0 radical (unpaired) electrons. The number of hydrogen-bond donors (Lipinski definition) is 1. The first kappa shape index (κ1) is 19.2. The summed E-state index contributed by atoms with van der Waals surface area (Å²) >= 11 is 0. The number of carboxylic acids is 1. The molecule has 0 fully saturated rings. The summed E-state index contributed by atoms with van der Waals surface area (Å²) in [7, 11) is 0. The fourth-order valence-electron chi connectivity index (χ4n) is 3.01. The molecule has 0 spiro atoms. The summed E-state index contributed by atoms with van der Waals surface area (Å²) < 4.78 is 11.3. The number of benzene rings is 3. The Hall–Kier alpha value is -4.12.